The third-order valence-corrected chi connectivity index (χ3v) is 7.13. The van der Waals surface area contributed by atoms with Crippen molar-refractivity contribution < 1.29 is 24.8 Å². The van der Waals surface area contributed by atoms with Gasteiger partial charge in [-0.05, 0) is 51.3 Å². The van der Waals surface area contributed by atoms with Gasteiger partial charge in [0.05, 0.1) is 5.69 Å². The first-order chi connectivity index (χ1) is 13.2. The molecule has 3 amide bonds. The molecule has 0 unspecified atom stereocenters. The number of likely N-dealkylation sites (tertiary alicyclic amines) is 1. The summed E-state index contributed by atoms with van der Waals surface area (Å²) in [5, 5.41) is 15.2. The number of nitrogens with zero attached hydrogens (tertiary/aromatic N) is 1. The second-order valence-corrected chi connectivity index (χ2v) is 8.54. The van der Waals surface area contributed by atoms with E-state index in [-0.39, 0.29) is 23.8 Å². The summed E-state index contributed by atoms with van der Waals surface area (Å²) in [7, 11) is 0. The van der Waals surface area contributed by atoms with E-state index >= 15 is 0 Å². The summed E-state index contributed by atoms with van der Waals surface area (Å²) >= 11 is 0. The normalized spacial score (nSPS) is 33.3. The Hall–Kier alpha value is -2.25. The molecular weight excluding hydrogens is 358 g/mol. The molecule has 1 aromatic carbocycles. The molecule has 4 rings (SSSR count). The van der Waals surface area contributed by atoms with Gasteiger partial charge in [-0.25, -0.2) is 0 Å². The number of aliphatic hydroxyl groups is 1. The van der Waals surface area contributed by atoms with Crippen molar-refractivity contribution in [3.05, 3.63) is 28.8 Å². The number of aryl methyl sites for hydroxylation is 1. The number of hydrogen-bond donors (Lipinski definition) is 3. The van der Waals surface area contributed by atoms with Crippen LogP contribution in [0.3, 0.4) is 0 Å². The lowest BCUT2D eigenvalue weighted by Crippen LogP contribution is -3.00. The number of carbonyl (C=O) groups excluding carboxylic acids is 3. The number of aliphatic hydroxyl groups excluding tert-OH is 1. The quantitative estimate of drug-likeness (QED) is 0.645. The monoisotopic (exact) mass is 386 g/mol. The number of nitrogens with two attached hydrogens (primary N) is 1. The molecule has 0 aromatic heterocycles. The van der Waals surface area contributed by atoms with Crippen molar-refractivity contribution >= 4 is 23.4 Å². The van der Waals surface area contributed by atoms with Gasteiger partial charge >= 0.3 is 0 Å². The summed E-state index contributed by atoms with van der Waals surface area (Å²) in [5.41, 5.74) is 2.27. The maximum Gasteiger partial charge on any atom is 0.291 e. The van der Waals surface area contributed by atoms with Gasteiger partial charge in [-0.3, -0.25) is 19.3 Å². The van der Waals surface area contributed by atoms with E-state index in [0.717, 1.165) is 22.4 Å². The van der Waals surface area contributed by atoms with Crippen molar-refractivity contribution in [2.24, 2.45) is 11.8 Å². The second-order valence-electron chi connectivity index (χ2n) is 8.54. The fourth-order valence-corrected chi connectivity index (χ4v) is 5.28. The number of rotatable bonds is 3. The zero-order valence-corrected chi connectivity index (χ0v) is 16.9. The van der Waals surface area contributed by atoms with Crippen LogP contribution < -0.4 is 10.6 Å². The minimum absolute atomic E-state index is 0.235. The lowest BCUT2D eigenvalue weighted by atomic mass is 9.76. The van der Waals surface area contributed by atoms with Gasteiger partial charge in [0.15, 0.2) is 0 Å². The largest absolute Gasteiger partial charge is 0.387 e. The number of quaternary nitrogens is 1. The Labute approximate surface area is 164 Å². The van der Waals surface area contributed by atoms with Crippen LogP contribution in [0.4, 0.5) is 5.69 Å². The summed E-state index contributed by atoms with van der Waals surface area (Å²) in [6, 6.07) is 3.05. The number of hydrogen-bond acceptors (Lipinski definition) is 4. The van der Waals surface area contributed by atoms with Gasteiger partial charge in [0.2, 0.25) is 17.4 Å². The molecule has 1 spiro atoms. The van der Waals surface area contributed by atoms with E-state index in [0.29, 0.717) is 6.42 Å². The topological polar surface area (TPSA) is 103 Å². The Balaban J connectivity index is 1.93. The zero-order chi connectivity index (χ0) is 20.5. The molecule has 7 nitrogen and oxygen atoms in total. The van der Waals surface area contributed by atoms with Crippen LogP contribution in [0, 0.1) is 25.7 Å². The van der Waals surface area contributed by atoms with Crippen molar-refractivity contribution in [2.75, 3.05) is 5.32 Å². The smallest absolute Gasteiger partial charge is 0.291 e. The van der Waals surface area contributed by atoms with Gasteiger partial charge in [-0.1, -0.05) is 13.0 Å². The number of imide groups is 1. The van der Waals surface area contributed by atoms with Crippen LogP contribution in [0.5, 0.6) is 0 Å². The first-order valence-electron chi connectivity index (χ1n) is 9.99. The van der Waals surface area contributed by atoms with Crippen molar-refractivity contribution in [1.82, 2.24) is 4.90 Å². The molecule has 4 N–H and O–H groups in total. The average Bonchev–Trinajstić information content (AvgIpc) is 3.24. The first-order valence-corrected chi connectivity index (χ1v) is 9.99. The summed E-state index contributed by atoms with van der Waals surface area (Å²) in [5.74, 6) is -2.36. The Morgan fingerprint density at radius 1 is 1.21 bits per heavy atom. The number of amides is 3. The predicted octanol–water partition coefficient (Wildman–Crippen LogP) is 0.177. The fourth-order valence-electron chi connectivity index (χ4n) is 5.28. The molecule has 0 aliphatic carbocycles. The van der Waals surface area contributed by atoms with Crippen molar-refractivity contribution in [1.29, 1.82) is 0 Å². The van der Waals surface area contributed by atoms with Crippen molar-refractivity contribution in [3.8, 4) is 0 Å². The average molecular weight is 386 g/mol. The van der Waals surface area contributed by atoms with E-state index in [1.54, 1.807) is 12.2 Å². The van der Waals surface area contributed by atoms with Gasteiger partial charge in [0.1, 0.15) is 24.0 Å². The minimum Gasteiger partial charge on any atom is -0.387 e. The highest BCUT2D eigenvalue weighted by atomic mass is 16.3. The number of anilines is 1. The molecule has 1 aromatic rings. The van der Waals surface area contributed by atoms with E-state index in [1.165, 1.54) is 4.90 Å². The van der Waals surface area contributed by atoms with E-state index in [1.807, 2.05) is 39.8 Å². The molecule has 150 valence electrons. The third kappa shape index (κ3) is 2.14. The van der Waals surface area contributed by atoms with Gasteiger partial charge < -0.3 is 15.7 Å². The van der Waals surface area contributed by atoms with E-state index in [2.05, 4.69) is 5.32 Å². The molecule has 2 saturated heterocycles. The second kappa shape index (κ2) is 6.12. The predicted molar refractivity (Wildman–Crippen MR) is 102 cm³/mol. The van der Waals surface area contributed by atoms with Crippen LogP contribution in [-0.4, -0.2) is 45.9 Å². The summed E-state index contributed by atoms with van der Waals surface area (Å²) in [4.78, 5) is 41.3. The number of benzene rings is 1. The Bertz CT molecular complexity index is 896. The van der Waals surface area contributed by atoms with E-state index in [4.69, 9.17) is 0 Å². The number of carbonyl (C=O) groups is 3. The molecule has 0 saturated carbocycles. The van der Waals surface area contributed by atoms with Crippen molar-refractivity contribution in [2.45, 2.75) is 64.8 Å². The summed E-state index contributed by atoms with van der Waals surface area (Å²) in [6.45, 7) is 9.31. The summed E-state index contributed by atoms with van der Waals surface area (Å²) in [6.07, 6.45) is -0.183. The number of fused-ring (bicyclic) bond motifs is 4. The molecule has 0 bridgehead atoms. The lowest BCUT2D eigenvalue weighted by Gasteiger charge is -2.29. The van der Waals surface area contributed by atoms with Gasteiger partial charge in [0, 0.05) is 11.6 Å². The molecular formula is C21H28N3O4+. The molecule has 3 aliphatic heterocycles. The minimum atomic E-state index is -1.21. The Morgan fingerprint density at radius 2 is 1.89 bits per heavy atom. The third-order valence-electron chi connectivity index (χ3n) is 7.13. The molecule has 28 heavy (non-hydrogen) atoms. The molecule has 3 aliphatic rings. The standard InChI is InChI=1S/C21H27N3O4/c1-6-10(3)24-18(26)14-15(19(24)27)21(23-17(14)12(5)25)13-8-7-9(2)11(4)16(13)22-20(21)28/h7-8,10,12,14-15,17,23,25H,6H2,1-5H3,(H,22,28)/p+1/t10-,12-,14+,15+,17+,21+/m1/s1. The Kier molecular flexibility index (Phi) is 4.17. The fraction of sp³-hybridized carbons (Fsp3) is 0.571. The highest BCUT2D eigenvalue weighted by molar-refractivity contribution is 6.14. The number of nitrogens with one attached hydrogen (secondary N) is 1. The highest BCUT2D eigenvalue weighted by Crippen LogP contribution is 2.50. The molecule has 3 heterocycles. The van der Waals surface area contributed by atoms with Crippen LogP contribution in [0.2, 0.25) is 0 Å². The highest BCUT2D eigenvalue weighted by Gasteiger charge is 2.75. The van der Waals surface area contributed by atoms with Crippen LogP contribution in [0.15, 0.2) is 12.1 Å². The van der Waals surface area contributed by atoms with E-state index < -0.39 is 29.5 Å². The van der Waals surface area contributed by atoms with Crippen LogP contribution >= 0.6 is 0 Å². The Morgan fingerprint density at radius 3 is 2.50 bits per heavy atom. The zero-order valence-electron chi connectivity index (χ0n) is 16.9. The maximum atomic E-state index is 13.5. The van der Waals surface area contributed by atoms with E-state index in [9.17, 15) is 19.5 Å². The van der Waals surface area contributed by atoms with Gasteiger partial charge in [-0.2, -0.15) is 0 Å². The molecule has 2 fully saturated rings. The SMILES string of the molecule is CC[C@@H](C)N1C(=O)[C@@H]2[C@H]([C@@H](C)O)[NH2+][C@]3(C(=O)Nc4c3ccc(C)c4C)[C@@H]2C1=O. The molecule has 7 heteroatoms. The molecule has 6 atom stereocenters. The summed E-state index contributed by atoms with van der Waals surface area (Å²) < 4.78 is 0. The van der Waals surface area contributed by atoms with Gasteiger partial charge in [0.25, 0.3) is 5.91 Å². The van der Waals surface area contributed by atoms with Crippen molar-refractivity contribution in [3.63, 3.8) is 0 Å². The van der Waals surface area contributed by atoms with Crippen LogP contribution in [-0.2, 0) is 19.9 Å². The molecule has 0 radical (unpaired) electrons. The maximum absolute atomic E-state index is 13.5. The van der Waals surface area contributed by atoms with Crippen LogP contribution in [0.25, 0.3) is 0 Å². The van der Waals surface area contributed by atoms with Crippen LogP contribution in [0.1, 0.15) is 43.9 Å². The lowest BCUT2D eigenvalue weighted by molar-refractivity contribution is -0.738. The first kappa shape index (κ1) is 19.1. The van der Waals surface area contributed by atoms with Gasteiger partial charge in [-0.15, -0.1) is 0 Å².